The molecule has 0 unspecified atom stereocenters. The number of ether oxygens (including phenoxy) is 2. The van der Waals surface area contributed by atoms with Gasteiger partial charge in [-0.15, -0.1) is 0 Å². The quantitative estimate of drug-likeness (QED) is 0.667. The fraction of sp³-hybridized carbons (Fsp3) is 0.600. The van der Waals surface area contributed by atoms with Crippen molar-refractivity contribution in [1.29, 1.82) is 0 Å². The molecule has 0 radical (unpaired) electrons. The Morgan fingerprint density at radius 2 is 2.12 bits per heavy atom. The lowest BCUT2D eigenvalue weighted by atomic mass is 9.85. The average Bonchev–Trinajstić information content (AvgIpc) is 3.50. The first-order valence-corrected chi connectivity index (χ1v) is 12.3. The second-order valence-corrected chi connectivity index (χ2v) is 10.2. The molecule has 1 saturated carbocycles. The van der Waals surface area contributed by atoms with E-state index in [0.29, 0.717) is 31.6 Å². The lowest BCUT2D eigenvalue weighted by Gasteiger charge is -2.43. The molecule has 3 aliphatic rings. The average molecular weight is 474 g/mol. The van der Waals surface area contributed by atoms with E-state index in [1.807, 2.05) is 19.1 Å². The number of aromatic nitrogens is 1. The van der Waals surface area contributed by atoms with Gasteiger partial charge >= 0.3 is 0 Å². The van der Waals surface area contributed by atoms with Crippen LogP contribution in [0.2, 0.25) is 5.02 Å². The summed E-state index contributed by atoms with van der Waals surface area (Å²) in [5, 5.41) is 16.1. The van der Waals surface area contributed by atoms with Gasteiger partial charge in [-0.25, -0.2) is 4.98 Å². The van der Waals surface area contributed by atoms with Gasteiger partial charge in [0, 0.05) is 23.2 Å². The van der Waals surface area contributed by atoms with Crippen LogP contribution < -0.4 is 5.32 Å². The first-order chi connectivity index (χ1) is 15.9. The summed E-state index contributed by atoms with van der Waals surface area (Å²) in [5.41, 5.74) is 0.832. The van der Waals surface area contributed by atoms with E-state index < -0.39 is 6.10 Å². The van der Waals surface area contributed by atoms with Crippen LogP contribution in [0.3, 0.4) is 0 Å². The summed E-state index contributed by atoms with van der Waals surface area (Å²) in [6.45, 7) is 7.44. The number of nitrogens with zero attached hydrogens (tertiary/aromatic N) is 2. The first kappa shape index (κ1) is 23.0. The minimum Gasteiger partial charge on any atom is -0.389 e. The molecule has 2 aliphatic heterocycles. The molecule has 0 spiro atoms. The molecule has 8 heteroatoms. The Morgan fingerprint density at radius 1 is 1.33 bits per heavy atom. The SMILES string of the molecule is CCO[C@@H]1C[C@H]1C(=O)Nc1cc2cc(C3CCN([C@]4(C)COC[C@@H]4O)CC3)c(Cl)cc2cn1. The molecule has 3 heterocycles. The molecular weight excluding hydrogens is 442 g/mol. The van der Waals surface area contributed by atoms with Gasteiger partial charge in [0.2, 0.25) is 5.91 Å². The molecule has 7 nitrogen and oxygen atoms in total. The fourth-order valence-corrected chi connectivity index (χ4v) is 5.61. The molecule has 2 N–H and O–H groups in total. The summed E-state index contributed by atoms with van der Waals surface area (Å²) >= 11 is 6.69. The van der Waals surface area contributed by atoms with Gasteiger partial charge in [-0.2, -0.15) is 0 Å². The Bertz CT molecular complexity index is 1040. The normalized spacial score (nSPS) is 30.6. The zero-order chi connectivity index (χ0) is 23.2. The molecule has 1 aromatic heterocycles. The third kappa shape index (κ3) is 4.49. The molecule has 4 atom stereocenters. The topological polar surface area (TPSA) is 83.9 Å². The van der Waals surface area contributed by atoms with Crippen molar-refractivity contribution in [2.75, 3.05) is 38.2 Å². The molecule has 2 saturated heterocycles. The molecule has 33 heavy (non-hydrogen) atoms. The Kier molecular flexibility index (Phi) is 6.35. The van der Waals surface area contributed by atoms with Crippen LogP contribution in [-0.2, 0) is 14.3 Å². The van der Waals surface area contributed by atoms with E-state index in [9.17, 15) is 9.90 Å². The standard InChI is InChI=1S/C25H32ClN3O4/c1-3-33-21-11-19(21)24(31)28-23-10-16-8-18(20(26)9-17(16)12-27-23)15-4-6-29(7-5-15)25(2)14-32-13-22(25)30/h8-10,12,15,19,21-22,30H,3-7,11,13-14H2,1-2H3,(H,27,28,31)/t19-,21-,22+,25-/m1/s1. The summed E-state index contributed by atoms with van der Waals surface area (Å²) in [5.74, 6) is 0.791. The van der Waals surface area contributed by atoms with E-state index in [2.05, 4.69) is 28.2 Å². The summed E-state index contributed by atoms with van der Waals surface area (Å²) in [4.78, 5) is 19.2. The highest BCUT2D eigenvalue weighted by Gasteiger charge is 2.45. The number of likely N-dealkylation sites (tertiary alicyclic amines) is 1. The van der Waals surface area contributed by atoms with Crippen LogP contribution in [0.4, 0.5) is 5.82 Å². The fourth-order valence-electron chi connectivity index (χ4n) is 5.29. The maximum Gasteiger partial charge on any atom is 0.231 e. The number of piperidine rings is 1. The van der Waals surface area contributed by atoms with Crippen LogP contribution in [0.5, 0.6) is 0 Å². The smallest absolute Gasteiger partial charge is 0.231 e. The zero-order valence-corrected chi connectivity index (χ0v) is 20.0. The van der Waals surface area contributed by atoms with Crippen LogP contribution in [0.15, 0.2) is 24.4 Å². The van der Waals surface area contributed by atoms with E-state index in [1.54, 1.807) is 6.20 Å². The van der Waals surface area contributed by atoms with E-state index in [4.69, 9.17) is 21.1 Å². The Balaban J connectivity index is 1.29. The third-order valence-electron chi connectivity index (χ3n) is 7.58. The number of halogens is 1. The number of aliphatic hydroxyl groups excluding tert-OH is 1. The highest BCUT2D eigenvalue weighted by Crippen LogP contribution is 2.39. The van der Waals surface area contributed by atoms with E-state index >= 15 is 0 Å². The van der Waals surface area contributed by atoms with Gasteiger partial charge in [0.05, 0.1) is 36.9 Å². The van der Waals surface area contributed by atoms with E-state index in [-0.39, 0.29) is 23.5 Å². The molecule has 1 amide bonds. The number of hydrogen-bond donors (Lipinski definition) is 2. The largest absolute Gasteiger partial charge is 0.389 e. The second-order valence-electron chi connectivity index (χ2n) is 9.77. The van der Waals surface area contributed by atoms with Gasteiger partial charge in [0.15, 0.2) is 0 Å². The van der Waals surface area contributed by atoms with Crippen LogP contribution in [-0.4, -0.2) is 71.6 Å². The van der Waals surface area contributed by atoms with Crippen molar-refractivity contribution in [1.82, 2.24) is 9.88 Å². The number of hydrogen-bond acceptors (Lipinski definition) is 6. The van der Waals surface area contributed by atoms with Gasteiger partial charge in [-0.3, -0.25) is 9.69 Å². The van der Waals surface area contributed by atoms with Gasteiger partial charge < -0.3 is 19.9 Å². The van der Waals surface area contributed by atoms with Crippen molar-refractivity contribution in [2.24, 2.45) is 5.92 Å². The summed E-state index contributed by atoms with van der Waals surface area (Å²) < 4.78 is 11.0. The number of fused-ring (bicyclic) bond motifs is 1. The lowest BCUT2D eigenvalue weighted by molar-refractivity contribution is -0.118. The number of pyridine rings is 1. The number of anilines is 1. The predicted molar refractivity (Wildman–Crippen MR) is 128 cm³/mol. The molecule has 178 valence electrons. The van der Waals surface area contributed by atoms with Crippen molar-refractivity contribution in [3.8, 4) is 0 Å². The molecular formula is C25H32ClN3O4. The predicted octanol–water partition coefficient (Wildman–Crippen LogP) is 3.58. The Hall–Kier alpha value is -1.77. The Labute approximate surface area is 199 Å². The minimum atomic E-state index is -0.445. The monoisotopic (exact) mass is 473 g/mol. The molecule has 3 fully saturated rings. The van der Waals surface area contributed by atoms with Crippen LogP contribution in [0, 0.1) is 5.92 Å². The lowest BCUT2D eigenvalue weighted by Crippen LogP contribution is -2.56. The van der Waals surface area contributed by atoms with Gasteiger partial charge in [-0.1, -0.05) is 11.6 Å². The summed E-state index contributed by atoms with van der Waals surface area (Å²) in [7, 11) is 0. The number of rotatable bonds is 6. The van der Waals surface area contributed by atoms with Crippen molar-refractivity contribution >= 4 is 34.1 Å². The van der Waals surface area contributed by atoms with Gasteiger partial charge in [0.25, 0.3) is 0 Å². The maximum atomic E-state index is 12.5. The number of carbonyl (C=O) groups excluding carboxylic acids is 1. The van der Waals surface area contributed by atoms with Crippen molar-refractivity contribution in [3.05, 3.63) is 35.0 Å². The molecule has 2 aromatic rings. The third-order valence-corrected chi connectivity index (χ3v) is 7.91. The number of nitrogens with one attached hydrogen (secondary N) is 1. The number of benzene rings is 1. The summed E-state index contributed by atoms with van der Waals surface area (Å²) in [6.07, 6.45) is 4.07. The molecule has 1 aromatic carbocycles. The van der Waals surface area contributed by atoms with Crippen LogP contribution in [0.25, 0.3) is 10.8 Å². The molecule has 1 aliphatic carbocycles. The minimum absolute atomic E-state index is 0.0332. The van der Waals surface area contributed by atoms with Gasteiger partial charge in [0.1, 0.15) is 5.82 Å². The highest BCUT2D eigenvalue weighted by molar-refractivity contribution is 6.32. The summed E-state index contributed by atoms with van der Waals surface area (Å²) in [6, 6.07) is 6.04. The van der Waals surface area contributed by atoms with E-state index in [1.165, 1.54) is 0 Å². The first-order valence-electron chi connectivity index (χ1n) is 11.9. The Morgan fingerprint density at radius 3 is 2.82 bits per heavy atom. The second kappa shape index (κ2) is 9.12. The van der Waals surface area contributed by atoms with Crippen molar-refractivity contribution in [3.63, 3.8) is 0 Å². The molecule has 5 rings (SSSR count). The van der Waals surface area contributed by atoms with Crippen molar-refractivity contribution < 1.29 is 19.4 Å². The number of aliphatic hydroxyl groups is 1. The van der Waals surface area contributed by atoms with Gasteiger partial charge in [-0.05, 0) is 81.3 Å². The van der Waals surface area contributed by atoms with E-state index in [0.717, 1.165) is 53.7 Å². The zero-order valence-electron chi connectivity index (χ0n) is 19.2. The molecule has 0 bridgehead atoms. The number of carbonyl (C=O) groups is 1. The number of amides is 1. The van der Waals surface area contributed by atoms with Crippen LogP contribution in [0.1, 0.15) is 44.6 Å². The maximum absolute atomic E-state index is 12.5. The highest BCUT2D eigenvalue weighted by atomic mass is 35.5. The van der Waals surface area contributed by atoms with Crippen LogP contribution >= 0.6 is 11.6 Å². The van der Waals surface area contributed by atoms with Crippen molar-refractivity contribution in [2.45, 2.75) is 56.8 Å².